The molecule has 0 saturated carbocycles. The van der Waals surface area contributed by atoms with Crippen LogP contribution in [0.15, 0.2) is 47.5 Å². The number of halogens is 3. The molecule has 3 rings (SSSR count). The molecule has 1 heterocycles. The molecular formula is C22H27F3N4O. The van der Waals surface area contributed by atoms with E-state index in [1.165, 1.54) is 17.7 Å². The molecular weight excluding hydrogens is 393 g/mol. The van der Waals surface area contributed by atoms with Gasteiger partial charge in [-0.2, -0.15) is 13.2 Å². The van der Waals surface area contributed by atoms with Crippen LogP contribution in [-0.4, -0.2) is 39.3 Å². The molecule has 1 saturated heterocycles. The number of nitrogens with one attached hydrogen (secondary N) is 2. The fourth-order valence-electron chi connectivity index (χ4n) is 3.29. The van der Waals surface area contributed by atoms with Crippen molar-refractivity contribution < 1.29 is 17.9 Å². The highest BCUT2D eigenvalue weighted by Crippen LogP contribution is 2.35. The fraction of sp³-hybridized carbons (Fsp3) is 0.409. The molecule has 1 aliphatic heterocycles. The highest BCUT2D eigenvalue weighted by atomic mass is 19.4. The molecule has 0 aliphatic carbocycles. The molecule has 0 radical (unpaired) electrons. The van der Waals surface area contributed by atoms with E-state index in [0.29, 0.717) is 44.5 Å². The third-order valence-electron chi connectivity index (χ3n) is 5.03. The molecule has 1 aliphatic rings. The smallest absolute Gasteiger partial charge is 0.378 e. The van der Waals surface area contributed by atoms with Crippen molar-refractivity contribution in [3.05, 3.63) is 64.7 Å². The highest BCUT2D eigenvalue weighted by Gasteiger charge is 2.34. The Morgan fingerprint density at radius 1 is 1.03 bits per heavy atom. The summed E-state index contributed by atoms with van der Waals surface area (Å²) in [7, 11) is 1.59. The second kappa shape index (κ2) is 9.84. The Morgan fingerprint density at radius 3 is 2.33 bits per heavy atom. The summed E-state index contributed by atoms with van der Waals surface area (Å²) in [6, 6.07) is 12.5. The Labute approximate surface area is 174 Å². The molecule has 0 amide bonds. The lowest BCUT2D eigenvalue weighted by Gasteiger charge is -2.29. The third-order valence-corrected chi connectivity index (χ3v) is 5.03. The van der Waals surface area contributed by atoms with Gasteiger partial charge in [0.05, 0.1) is 18.8 Å². The summed E-state index contributed by atoms with van der Waals surface area (Å²) in [5.74, 6) is 0.445. The summed E-state index contributed by atoms with van der Waals surface area (Å²) in [4.78, 5) is 6.02. The van der Waals surface area contributed by atoms with Crippen molar-refractivity contribution in [1.29, 1.82) is 0 Å². The van der Waals surface area contributed by atoms with E-state index < -0.39 is 11.7 Å². The lowest BCUT2D eigenvalue weighted by atomic mass is 10.0. The van der Waals surface area contributed by atoms with Crippen molar-refractivity contribution in [3.63, 3.8) is 0 Å². The van der Waals surface area contributed by atoms with Crippen LogP contribution in [-0.2, 0) is 24.0 Å². The number of aliphatic imine (C=N–C) groups is 1. The summed E-state index contributed by atoms with van der Waals surface area (Å²) in [6.45, 7) is 4.78. The number of rotatable bonds is 5. The van der Waals surface area contributed by atoms with Crippen LogP contribution in [0, 0.1) is 6.92 Å². The van der Waals surface area contributed by atoms with Crippen LogP contribution in [0.4, 0.5) is 18.9 Å². The van der Waals surface area contributed by atoms with Crippen molar-refractivity contribution in [2.75, 3.05) is 38.3 Å². The van der Waals surface area contributed by atoms with Crippen molar-refractivity contribution in [2.24, 2.45) is 4.99 Å². The molecule has 1 fully saturated rings. The second-order valence-corrected chi connectivity index (χ2v) is 7.20. The van der Waals surface area contributed by atoms with Crippen LogP contribution >= 0.6 is 0 Å². The molecule has 162 valence electrons. The van der Waals surface area contributed by atoms with Gasteiger partial charge in [0.15, 0.2) is 5.96 Å². The molecule has 0 atom stereocenters. The lowest BCUT2D eigenvalue weighted by molar-refractivity contribution is -0.138. The third kappa shape index (κ3) is 5.89. The van der Waals surface area contributed by atoms with Crippen molar-refractivity contribution >= 4 is 11.6 Å². The molecule has 0 aromatic heterocycles. The van der Waals surface area contributed by atoms with Gasteiger partial charge in [0.2, 0.25) is 0 Å². The van der Waals surface area contributed by atoms with E-state index in [0.717, 1.165) is 5.56 Å². The number of anilines is 1. The van der Waals surface area contributed by atoms with E-state index in [9.17, 15) is 13.2 Å². The number of nitrogens with zero attached hydrogens (tertiary/aromatic N) is 2. The lowest BCUT2D eigenvalue weighted by Crippen LogP contribution is -2.37. The summed E-state index contributed by atoms with van der Waals surface area (Å²) >= 11 is 0. The van der Waals surface area contributed by atoms with Crippen LogP contribution in [0.25, 0.3) is 0 Å². The Balaban J connectivity index is 1.67. The van der Waals surface area contributed by atoms with Crippen LogP contribution in [0.1, 0.15) is 22.3 Å². The van der Waals surface area contributed by atoms with Gasteiger partial charge >= 0.3 is 6.18 Å². The van der Waals surface area contributed by atoms with Gasteiger partial charge < -0.3 is 20.3 Å². The van der Waals surface area contributed by atoms with Gasteiger partial charge in [0.1, 0.15) is 0 Å². The first-order valence-electron chi connectivity index (χ1n) is 9.89. The fourth-order valence-corrected chi connectivity index (χ4v) is 3.29. The Hall–Kier alpha value is -2.74. The van der Waals surface area contributed by atoms with Gasteiger partial charge in [0, 0.05) is 38.9 Å². The van der Waals surface area contributed by atoms with E-state index in [2.05, 4.69) is 15.6 Å². The van der Waals surface area contributed by atoms with Crippen molar-refractivity contribution in [3.8, 4) is 0 Å². The maximum absolute atomic E-state index is 13.7. The van der Waals surface area contributed by atoms with E-state index in [1.54, 1.807) is 13.1 Å². The topological polar surface area (TPSA) is 48.9 Å². The number of morpholine rings is 1. The first kappa shape index (κ1) is 22.0. The maximum Gasteiger partial charge on any atom is 0.416 e. The van der Waals surface area contributed by atoms with Crippen molar-refractivity contribution in [2.45, 2.75) is 26.2 Å². The van der Waals surface area contributed by atoms with Crippen molar-refractivity contribution in [1.82, 2.24) is 10.6 Å². The average Bonchev–Trinajstić information content (AvgIpc) is 2.75. The molecule has 0 bridgehead atoms. The number of alkyl halides is 3. The predicted octanol–water partition coefficient (Wildman–Crippen LogP) is 3.72. The number of hydrogen-bond acceptors (Lipinski definition) is 3. The Kier molecular flexibility index (Phi) is 7.20. The minimum atomic E-state index is -4.43. The van der Waals surface area contributed by atoms with Crippen LogP contribution in [0.5, 0.6) is 0 Å². The molecule has 0 unspecified atom stereocenters. The number of aryl methyl sites for hydroxylation is 1. The standard InChI is InChI=1S/C22H27F3N4O/c1-16-3-5-17(6-4-16)14-27-21(26-2)28-15-18-7-8-19(13-20(18)22(23,24)25)29-9-11-30-12-10-29/h3-8,13H,9-12,14-15H2,1-2H3,(H2,26,27,28). The second-order valence-electron chi connectivity index (χ2n) is 7.20. The van der Waals surface area contributed by atoms with E-state index in [-0.39, 0.29) is 12.1 Å². The highest BCUT2D eigenvalue weighted by molar-refractivity contribution is 5.79. The molecule has 0 spiro atoms. The van der Waals surface area contributed by atoms with Gasteiger partial charge in [-0.15, -0.1) is 0 Å². The van der Waals surface area contributed by atoms with E-state index in [1.807, 2.05) is 36.1 Å². The van der Waals surface area contributed by atoms with Gasteiger partial charge in [-0.25, -0.2) is 0 Å². The molecule has 5 nitrogen and oxygen atoms in total. The Morgan fingerprint density at radius 2 is 1.70 bits per heavy atom. The van der Waals surface area contributed by atoms with E-state index >= 15 is 0 Å². The monoisotopic (exact) mass is 420 g/mol. The van der Waals surface area contributed by atoms with Gasteiger partial charge in [-0.1, -0.05) is 35.9 Å². The summed E-state index contributed by atoms with van der Waals surface area (Å²) in [5, 5.41) is 6.12. The van der Waals surface area contributed by atoms with Crippen LogP contribution in [0.3, 0.4) is 0 Å². The Bertz CT molecular complexity index is 860. The maximum atomic E-state index is 13.7. The first-order valence-corrected chi connectivity index (χ1v) is 9.89. The first-order chi connectivity index (χ1) is 14.4. The van der Waals surface area contributed by atoms with Crippen LogP contribution in [0.2, 0.25) is 0 Å². The van der Waals surface area contributed by atoms with Gasteiger partial charge in [-0.3, -0.25) is 4.99 Å². The quantitative estimate of drug-likeness (QED) is 0.572. The average molecular weight is 420 g/mol. The summed E-state index contributed by atoms with van der Waals surface area (Å²) < 4.78 is 46.3. The molecule has 8 heteroatoms. The summed E-state index contributed by atoms with van der Waals surface area (Å²) in [6.07, 6.45) is -4.43. The SMILES string of the molecule is CN=C(NCc1ccc(C)cc1)NCc1ccc(N2CCOCC2)cc1C(F)(F)F. The zero-order valence-electron chi connectivity index (χ0n) is 17.2. The molecule has 30 heavy (non-hydrogen) atoms. The number of benzene rings is 2. The number of guanidine groups is 1. The van der Waals surface area contributed by atoms with E-state index in [4.69, 9.17) is 4.74 Å². The molecule has 2 aromatic carbocycles. The van der Waals surface area contributed by atoms with Crippen LogP contribution < -0.4 is 15.5 Å². The largest absolute Gasteiger partial charge is 0.416 e. The molecule has 2 N–H and O–H groups in total. The number of ether oxygens (including phenoxy) is 1. The minimum absolute atomic E-state index is 0.0196. The summed E-state index contributed by atoms with van der Waals surface area (Å²) in [5.41, 5.74) is 2.35. The van der Waals surface area contributed by atoms with Gasteiger partial charge in [-0.05, 0) is 30.2 Å². The predicted molar refractivity (Wildman–Crippen MR) is 113 cm³/mol. The number of hydrogen-bond donors (Lipinski definition) is 2. The zero-order valence-corrected chi connectivity index (χ0v) is 17.2. The molecule has 2 aromatic rings. The minimum Gasteiger partial charge on any atom is -0.378 e. The van der Waals surface area contributed by atoms with Gasteiger partial charge in [0.25, 0.3) is 0 Å². The normalized spacial score (nSPS) is 15.2. The zero-order chi connectivity index (χ0) is 21.6.